The van der Waals surface area contributed by atoms with Crippen LogP contribution in [0.4, 0.5) is 5.82 Å². The van der Waals surface area contributed by atoms with Crippen LogP contribution in [0.25, 0.3) is 10.9 Å². The Morgan fingerprint density at radius 1 is 0.927 bits per heavy atom. The predicted molar refractivity (Wildman–Crippen MR) is 151 cm³/mol. The fourth-order valence-electron chi connectivity index (χ4n) is 4.21. The van der Waals surface area contributed by atoms with Crippen LogP contribution in [0.5, 0.6) is 0 Å². The van der Waals surface area contributed by atoms with Crippen molar-refractivity contribution in [2.45, 2.75) is 57.1 Å². The molecule has 41 heavy (non-hydrogen) atoms. The monoisotopic (exact) mass is 584 g/mol. The van der Waals surface area contributed by atoms with E-state index in [-0.39, 0.29) is 10.7 Å². The Balaban J connectivity index is 2.06. The third kappa shape index (κ3) is 7.64. The van der Waals surface area contributed by atoms with Gasteiger partial charge in [0.25, 0.3) is 0 Å². The van der Waals surface area contributed by atoms with Crippen molar-refractivity contribution in [2.24, 2.45) is 5.92 Å². The van der Waals surface area contributed by atoms with E-state index in [4.69, 9.17) is 5.11 Å². The number of fused-ring (bicyclic) bond motifs is 1. The first-order chi connectivity index (χ1) is 19.2. The lowest BCUT2D eigenvalue weighted by atomic mass is 9.99. The molecule has 3 rings (SSSR count). The van der Waals surface area contributed by atoms with Crippen LogP contribution in [0.1, 0.15) is 32.8 Å². The summed E-state index contributed by atoms with van der Waals surface area (Å²) >= 11 is 0. The summed E-state index contributed by atoms with van der Waals surface area (Å²) in [4.78, 5) is 55.8. The third-order valence-corrected chi connectivity index (χ3v) is 7.83. The van der Waals surface area contributed by atoms with Gasteiger partial charge in [-0.2, -0.15) is 4.72 Å². The Hall–Kier alpha value is -4.36. The molecule has 1 heterocycles. The van der Waals surface area contributed by atoms with Gasteiger partial charge in [0.2, 0.25) is 21.8 Å². The van der Waals surface area contributed by atoms with Crippen molar-refractivity contribution in [3.8, 4) is 0 Å². The Bertz CT molecular complexity index is 1560. The first-order valence-corrected chi connectivity index (χ1v) is 14.2. The second-order valence-corrected chi connectivity index (χ2v) is 11.6. The van der Waals surface area contributed by atoms with E-state index in [0.717, 1.165) is 15.8 Å². The summed E-state index contributed by atoms with van der Waals surface area (Å²) in [5.74, 6) is -5.39. The van der Waals surface area contributed by atoms with E-state index in [0.29, 0.717) is 5.52 Å². The molecular formula is C28H32N4O8S. The molecule has 3 aromatic rings. The van der Waals surface area contributed by atoms with Crippen molar-refractivity contribution >= 4 is 50.5 Å². The summed E-state index contributed by atoms with van der Waals surface area (Å²) in [6, 6.07) is 11.7. The van der Waals surface area contributed by atoms with Crippen LogP contribution in [-0.4, -0.2) is 65.5 Å². The van der Waals surface area contributed by atoms with Gasteiger partial charge in [0.1, 0.15) is 17.9 Å². The molecule has 2 aromatic carbocycles. The highest BCUT2D eigenvalue weighted by Gasteiger charge is 2.39. The Morgan fingerprint density at radius 2 is 1.56 bits per heavy atom. The number of amides is 2. The summed E-state index contributed by atoms with van der Waals surface area (Å²) in [5.41, 5.74) is 1.34. The fraction of sp³-hybridized carbons (Fsp3) is 0.321. The fourth-order valence-corrected chi connectivity index (χ4v) is 5.41. The summed E-state index contributed by atoms with van der Waals surface area (Å²) < 4.78 is 28.5. The molecule has 3 atom stereocenters. The standard InChI is InChI=1S/C28H32N4O8S/c1-16(2)25(26(35)30-22(28(37)38)15-24(33)34)32(23-14-11-19-7-5-6-8-21(19)29-23)27(36)18(4)31-41(39,40)20-12-9-17(3)10-13-20/h5-14,16,18,22,25,31H,15H2,1-4H3,(H,30,35)(H,33,34)(H,37,38)/t18-,22-,25-/m0/s1. The van der Waals surface area contributed by atoms with Gasteiger partial charge in [-0.15, -0.1) is 0 Å². The quantitative estimate of drug-likeness (QED) is 0.248. The molecule has 0 saturated heterocycles. The zero-order valence-corrected chi connectivity index (χ0v) is 23.8. The number of rotatable bonds is 12. The number of carbonyl (C=O) groups is 4. The molecule has 0 aliphatic carbocycles. The number of hydrogen-bond donors (Lipinski definition) is 4. The minimum atomic E-state index is -4.14. The lowest BCUT2D eigenvalue weighted by Gasteiger charge is -2.35. The highest BCUT2D eigenvalue weighted by molar-refractivity contribution is 7.89. The predicted octanol–water partition coefficient (Wildman–Crippen LogP) is 2.31. The lowest BCUT2D eigenvalue weighted by molar-refractivity contribution is -0.147. The zero-order valence-electron chi connectivity index (χ0n) is 22.9. The number of aromatic nitrogens is 1. The largest absolute Gasteiger partial charge is 0.481 e. The molecule has 0 radical (unpaired) electrons. The van der Waals surface area contributed by atoms with E-state index < -0.39 is 64.2 Å². The molecule has 2 amide bonds. The molecule has 4 N–H and O–H groups in total. The number of carbonyl (C=O) groups excluding carboxylic acids is 2. The number of aryl methyl sites for hydroxylation is 1. The molecular weight excluding hydrogens is 552 g/mol. The molecule has 13 heteroatoms. The first kappa shape index (κ1) is 31.2. The van der Waals surface area contributed by atoms with Crippen molar-refractivity contribution in [1.29, 1.82) is 0 Å². The highest BCUT2D eigenvalue weighted by atomic mass is 32.2. The Labute approximate surface area is 237 Å². The van der Waals surface area contributed by atoms with Gasteiger partial charge in [-0.25, -0.2) is 18.2 Å². The van der Waals surface area contributed by atoms with Crippen molar-refractivity contribution < 1.29 is 37.8 Å². The highest BCUT2D eigenvalue weighted by Crippen LogP contribution is 2.25. The minimum Gasteiger partial charge on any atom is -0.481 e. The maximum atomic E-state index is 14.0. The average molecular weight is 585 g/mol. The number of pyridine rings is 1. The number of nitrogens with one attached hydrogen (secondary N) is 2. The summed E-state index contributed by atoms with van der Waals surface area (Å²) in [7, 11) is -4.14. The van der Waals surface area contributed by atoms with Gasteiger partial charge >= 0.3 is 11.9 Å². The molecule has 0 bridgehead atoms. The number of benzene rings is 2. The van der Waals surface area contributed by atoms with Crippen LogP contribution in [-0.2, 0) is 29.2 Å². The zero-order chi connectivity index (χ0) is 30.5. The van der Waals surface area contributed by atoms with E-state index in [1.54, 1.807) is 63.2 Å². The van der Waals surface area contributed by atoms with Crippen LogP contribution in [0.3, 0.4) is 0 Å². The smallest absolute Gasteiger partial charge is 0.326 e. The van der Waals surface area contributed by atoms with E-state index in [1.807, 2.05) is 0 Å². The summed E-state index contributed by atoms with van der Waals surface area (Å²) in [5, 5.41) is 21.5. The average Bonchev–Trinajstić information content (AvgIpc) is 2.90. The van der Waals surface area contributed by atoms with Gasteiger partial charge in [0.15, 0.2) is 0 Å². The van der Waals surface area contributed by atoms with Gasteiger partial charge in [0.05, 0.1) is 22.9 Å². The lowest BCUT2D eigenvalue weighted by Crippen LogP contribution is -2.59. The number of carboxylic acid groups (broad SMARTS) is 2. The van der Waals surface area contributed by atoms with E-state index in [9.17, 15) is 32.7 Å². The van der Waals surface area contributed by atoms with Crippen molar-refractivity contribution in [3.63, 3.8) is 0 Å². The van der Waals surface area contributed by atoms with Crippen LogP contribution in [0, 0.1) is 12.8 Å². The van der Waals surface area contributed by atoms with Crippen LogP contribution in [0.2, 0.25) is 0 Å². The molecule has 0 aliphatic heterocycles. The second kappa shape index (κ2) is 12.9. The maximum Gasteiger partial charge on any atom is 0.326 e. The van der Waals surface area contributed by atoms with Crippen molar-refractivity contribution in [3.05, 3.63) is 66.2 Å². The van der Waals surface area contributed by atoms with Gasteiger partial charge in [-0.05, 0) is 50.1 Å². The van der Waals surface area contributed by atoms with Crippen LogP contribution >= 0.6 is 0 Å². The number of para-hydroxylation sites is 1. The number of aliphatic carboxylic acids is 2. The number of nitrogens with zero attached hydrogens (tertiary/aromatic N) is 2. The molecule has 12 nitrogen and oxygen atoms in total. The van der Waals surface area contributed by atoms with Gasteiger partial charge < -0.3 is 15.5 Å². The molecule has 0 aliphatic rings. The summed E-state index contributed by atoms with van der Waals surface area (Å²) in [6.07, 6.45) is -0.888. The van der Waals surface area contributed by atoms with Crippen molar-refractivity contribution in [1.82, 2.24) is 15.0 Å². The molecule has 0 spiro atoms. The van der Waals surface area contributed by atoms with Gasteiger partial charge in [-0.1, -0.05) is 49.7 Å². The Kier molecular flexibility index (Phi) is 9.79. The van der Waals surface area contributed by atoms with Gasteiger partial charge in [-0.3, -0.25) is 19.3 Å². The molecule has 0 fully saturated rings. The molecule has 1 aromatic heterocycles. The van der Waals surface area contributed by atoms with E-state index in [2.05, 4.69) is 15.0 Å². The normalized spacial score (nSPS) is 13.8. The van der Waals surface area contributed by atoms with E-state index in [1.165, 1.54) is 25.1 Å². The SMILES string of the molecule is Cc1ccc(S(=O)(=O)N[C@@H](C)C(=O)N(c2ccc3ccccc3n2)[C@H](C(=O)N[C@@H](CC(=O)O)C(=O)O)C(C)C)cc1. The van der Waals surface area contributed by atoms with Crippen LogP contribution in [0.15, 0.2) is 65.6 Å². The minimum absolute atomic E-state index is 0.0223. The number of anilines is 1. The molecule has 0 saturated carbocycles. The topological polar surface area (TPSA) is 183 Å². The maximum absolute atomic E-state index is 14.0. The van der Waals surface area contributed by atoms with E-state index >= 15 is 0 Å². The number of hydrogen-bond acceptors (Lipinski definition) is 7. The first-order valence-electron chi connectivity index (χ1n) is 12.7. The Morgan fingerprint density at radius 3 is 2.15 bits per heavy atom. The third-order valence-electron chi connectivity index (χ3n) is 6.27. The van der Waals surface area contributed by atoms with Gasteiger partial charge in [0, 0.05) is 5.39 Å². The second-order valence-electron chi connectivity index (χ2n) is 9.91. The summed E-state index contributed by atoms with van der Waals surface area (Å²) in [6.45, 7) is 6.34. The molecule has 218 valence electrons. The van der Waals surface area contributed by atoms with Crippen molar-refractivity contribution in [2.75, 3.05) is 4.90 Å². The number of sulfonamides is 1. The molecule has 0 unspecified atom stereocenters. The number of carboxylic acids is 2. The van der Waals surface area contributed by atoms with Crippen LogP contribution < -0.4 is 14.9 Å².